The van der Waals surface area contributed by atoms with E-state index in [1.807, 2.05) is 17.8 Å². The number of anilines is 2. The van der Waals surface area contributed by atoms with E-state index in [2.05, 4.69) is 20.6 Å². The predicted molar refractivity (Wildman–Crippen MR) is 74.2 cm³/mol. The molecule has 0 atom stereocenters. The number of hydrogen-bond donors (Lipinski definition) is 2. The van der Waals surface area contributed by atoms with E-state index in [1.165, 1.54) is 7.05 Å². The molecule has 114 valence electrons. The van der Waals surface area contributed by atoms with Gasteiger partial charge in [0.05, 0.1) is 5.56 Å². The summed E-state index contributed by atoms with van der Waals surface area (Å²) >= 11 is 0. The topological polar surface area (TPSA) is 54.8 Å². The van der Waals surface area contributed by atoms with Crippen LogP contribution in [-0.2, 0) is 19.6 Å². The van der Waals surface area contributed by atoms with Crippen LogP contribution in [0.25, 0.3) is 0 Å². The van der Waals surface area contributed by atoms with Crippen molar-refractivity contribution in [2.24, 2.45) is 7.05 Å². The van der Waals surface area contributed by atoms with Crippen LogP contribution in [0, 0.1) is 0 Å². The molecule has 0 saturated carbocycles. The van der Waals surface area contributed by atoms with E-state index in [1.54, 1.807) is 6.20 Å². The zero-order chi connectivity index (χ0) is 15.5. The second-order valence-corrected chi connectivity index (χ2v) is 4.51. The third-order valence-electron chi connectivity index (χ3n) is 2.98. The number of aromatic nitrogens is 3. The maximum absolute atomic E-state index is 12.8. The van der Waals surface area contributed by atoms with Crippen LogP contribution in [-0.4, -0.2) is 28.1 Å². The van der Waals surface area contributed by atoms with Gasteiger partial charge in [-0.2, -0.15) is 13.2 Å². The predicted octanol–water partition coefficient (Wildman–Crippen LogP) is 2.53. The van der Waals surface area contributed by atoms with E-state index < -0.39 is 11.7 Å². The van der Waals surface area contributed by atoms with Crippen molar-refractivity contribution in [3.8, 4) is 0 Å². The Labute approximate surface area is 120 Å². The molecule has 0 radical (unpaired) electrons. The van der Waals surface area contributed by atoms with Crippen LogP contribution in [0.15, 0.2) is 24.5 Å². The molecule has 5 nitrogen and oxygen atoms in total. The monoisotopic (exact) mass is 299 g/mol. The van der Waals surface area contributed by atoms with Gasteiger partial charge in [-0.15, -0.1) is 0 Å². The summed E-state index contributed by atoms with van der Waals surface area (Å²) in [4.78, 5) is 8.20. The fraction of sp³-hybridized carbons (Fsp3) is 0.385. The standard InChI is InChI=1S/C13H16F3N5/c1-17-10-7-9(13(14,15)16)8-11(20-10)18-4-3-12-19-5-6-21(12)2/h5-8H,3-4H2,1-2H3,(H2,17,18,20). The van der Waals surface area contributed by atoms with Gasteiger partial charge in [-0.3, -0.25) is 0 Å². The first-order valence-corrected chi connectivity index (χ1v) is 6.37. The molecule has 0 unspecified atom stereocenters. The Balaban J connectivity index is 2.07. The lowest BCUT2D eigenvalue weighted by atomic mass is 10.2. The molecule has 8 heteroatoms. The van der Waals surface area contributed by atoms with Crippen molar-refractivity contribution < 1.29 is 13.2 Å². The van der Waals surface area contributed by atoms with Gasteiger partial charge in [-0.1, -0.05) is 0 Å². The summed E-state index contributed by atoms with van der Waals surface area (Å²) < 4.78 is 40.2. The Hall–Kier alpha value is -2.25. The number of imidazole rings is 1. The molecular weight excluding hydrogens is 283 g/mol. The second-order valence-electron chi connectivity index (χ2n) is 4.51. The van der Waals surface area contributed by atoms with Gasteiger partial charge < -0.3 is 15.2 Å². The van der Waals surface area contributed by atoms with E-state index in [9.17, 15) is 13.2 Å². The number of aryl methyl sites for hydroxylation is 1. The van der Waals surface area contributed by atoms with Crippen LogP contribution in [0.1, 0.15) is 11.4 Å². The summed E-state index contributed by atoms with van der Waals surface area (Å²) in [6.45, 7) is 0.447. The Morgan fingerprint density at radius 2 is 1.95 bits per heavy atom. The number of hydrogen-bond acceptors (Lipinski definition) is 4. The molecule has 0 aliphatic carbocycles. The van der Waals surface area contributed by atoms with Crippen molar-refractivity contribution in [1.29, 1.82) is 0 Å². The van der Waals surface area contributed by atoms with Crippen molar-refractivity contribution in [3.63, 3.8) is 0 Å². The first kappa shape index (κ1) is 15.1. The molecule has 0 aliphatic heterocycles. The molecule has 0 bridgehead atoms. The first-order valence-electron chi connectivity index (χ1n) is 6.37. The van der Waals surface area contributed by atoms with Crippen LogP contribution < -0.4 is 10.6 Å². The van der Waals surface area contributed by atoms with Gasteiger partial charge in [0.15, 0.2) is 0 Å². The van der Waals surface area contributed by atoms with Crippen molar-refractivity contribution in [3.05, 3.63) is 35.9 Å². The Kier molecular flexibility index (Phi) is 4.35. The average molecular weight is 299 g/mol. The highest BCUT2D eigenvalue weighted by Crippen LogP contribution is 2.31. The van der Waals surface area contributed by atoms with Gasteiger partial charge in [-0.05, 0) is 12.1 Å². The highest BCUT2D eigenvalue weighted by molar-refractivity contribution is 5.49. The summed E-state index contributed by atoms with van der Waals surface area (Å²) in [5, 5.41) is 5.52. The fourth-order valence-corrected chi connectivity index (χ4v) is 1.85. The maximum Gasteiger partial charge on any atom is 0.416 e. The summed E-state index contributed by atoms with van der Waals surface area (Å²) in [6, 6.07) is 1.98. The first-order chi connectivity index (χ1) is 9.90. The highest BCUT2D eigenvalue weighted by atomic mass is 19.4. The number of pyridine rings is 1. The lowest BCUT2D eigenvalue weighted by Crippen LogP contribution is -2.12. The van der Waals surface area contributed by atoms with Crippen LogP contribution >= 0.6 is 0 Å². The Bertz CT molecular complexity index is 606. The summed E-state index contributed by atoms with van der Waals surface area (Å²) in [5.41, 5.74) is -0.735. The van der Waals surface area contributed by atoms with Crippen molar-refractivity contribution in [2.45, 2.75) is 12.6 Å². The van der Waals surface area contributed by atoms with Gasteiger partial charge in [0, 0.05) is 39.5 Å². The van der Waals surface area contributed by atoms with Crippen LogP contribution in [0.3, 0.4) is 0 Å². The third kappa shape index (κ3) is 3.87. The second kappa shape index (κ2) is 6.02. The largest absolute Gasteiger partial charge is 0.416 e. The molecule has 0 aliphatic rings. The average Bonchev–Trinajstić information content (AvgIpc) is 2.83. The van der Waals surface area contributed by atoms with Crippen molar-refractivity contribution in [1.82, 2.24) is 14.5 Å². The zero-order valence-corrected chi connectivity index (χ0v) is 11.7. The molecule has 2 N–H and O–H groups in total. The van der Waals surface area contributed by atoms with Gasteiger partial charge in [0.1, 0.15) is 17.5 Å². The van der Waals surface area contributed by atoms with Crippen molar-refractivity contribution in [2.75, 3.05) is 24.2 Å². The van der Waals surface area contributed by atoms with Gasteiger partial charge >= 0.3 is 6.18 Å². The normalized spacial score (nSPS) is 11.5. The lowest BCUT2D eigenvalue weighted by Gasteiger charge is -2.12. The van der Waals surface area contributed by atoms with E-state index in [-0.39, 0.29) is 11.6 Å². The quantitative estimate of drug-likeness (QED) is 0.891. The molecule has 2 aromatic rings. The number of nitrogens with one attached hydrogen (secondary N) is 2. The SMILES string of the molecule is CNc1cc(C(F)(F)F)cc(NCCc2nccn2C)n1. The fourth-order valence-electron chi connectivity index (χ4n) is 1.85. The molecule has 2 heterocycles. The smallest absolute Gasteiger partial charge is 0.373 e. The number of rotatable bonds is 5. The van der Waals surface area contributed by atoms with Gasteiger partial charge in [0.2, 0.25) is 0 Å². The molecule has 21 heavy (non-hydrogen) atoms. The van der Waals surface area contributed by atoms with Crippen LogP contribution in [0.5, 0.6) is 0 Å². The van der Waals surface area contributed by atoms with E-state index in [4.69, 9.17) is 0 Å². The molecular formula is C13H16F3N5. The van der Waals surface area contributed by atoms with Crippen LogP contribution in [0.2, 0.25) is 0 Å². The van der Waals surface area contributed by atoms with Crippen LogP contribution in [0.4, 0.5) is 24.8 Å². The minimum atomic E-state index is -4.40. The summed E-state index contributed by atoms with van der Waals surface area (Å²) in [5.74, 6) is 1.20. The molecule has 0 saturated heterocycles. The molecule has 0 aromatic carbocycles. The minimum absolute atomic E-state index is 0.171. The number of halogens is 3. The molecule has 2 aromatic heterocycles. The van der Waals surface area contributed by atoms with E-state index >= 15 is 0 Å². The maximum atomic E-state index is 12.8. The molecule has 0 spiro atoms. The van der Waals surface area contributed by atoms with E-state index in [0.29, 0.717) is 13.0 Å². The van der Waals surface area contributed by atoms with Gasteiger partial charge in [-0.25, -0.2) is 9.97 Å². The Morgan fingerprint density at radius 1 is 1.24 bits per heavy atom. The highest BCUT2D eigenvalue weighted by Gasteiger charge is 2.31. The van der Waals surface area contributed by atoms with Gasteiger partial charge in [0.25, 0.3) is 0 Å². The zero-order valence-electron chi connectivity index (χ0n) is 11.7. The number of alkyl halides is 3. The third-order valence-corrected chi connectivity index (χ3v) is 2.98. The lowest BCUT2D eigenvalue weighted by molar-refractivity contribution is -0.137. The molecule has 2 rings (SSSR count). The van der Waals surface area contributed by atoms with Crippen molar-refractivity contribution >= 4 is 11.6 Å². The summed E-state index contributed by atoms with van der Waals surface area (Å²) in [7, 11) is 3.39. The Morgan fingerprint density at radius 3 is 2.52 bits per heavy atom. The number of nitrogens with zero attached hydrogens (tertiary/aromatic N) is 3. The molecule has 0 fully saturated rings. The minimum Gasteiger partial charge on any atom is -0.373 e. The van der Waals surface area contributed by atoms with E-state index in [0.717, 1.165) is 18.0 Å². The molecule has 0 amide bonds. The summed E-state index contributed by atoms with van der Waals surface area (Å²) in [6.07, 6.45) is -0.311.